The van der Waals surface area contributed by atoms with E-state index in [1.54, 1.807) is 0 Å². The van der Waals surface area contributed by atoms with Gasteiger partial charge in [0.05, 0.1) is 0 Å². The van der Waals surface area contributed by atoms with E-state index < -0.39 is 0 Å². The highest BCUT2D eigenvalue weighted by Crippen LogP contribution is 2.23. The fourth-order valence-corrected chi connectivity index (χ4v) is 2.58. The number of hydrogen-bond donors (Lipinski definition) is 2. The number of carbonyl (C=O) groups excluding carboxylic acids is 1. The second kappa shape index (κ2) is 8.86. The molecule has 2 aromatic rings. The van der Waals surface area contributed by atoms with Crippen LogP contribution in [-0.2, 0) is 10.2 Å². The Hall–Kier alpha value is -1.84. The third-order valence-corrected chi connectivity index (χ3v) is 4.16. The maximum Gasteiger partial charge on any atom is 0.221 e. The van der Waals surface area contributed by atoms with Crippen molar-refractivity contribution in [1.82, 2.24) is 5.32 Å². The fourth-order valence-electron chi connectivity index (χ4n) is 2.58. The largest absolute Gasteiger partial charge is 0.355 e. The summed E-state index contributed by atoms with van der Waals surface area (Å²) < 4.78 is 0. The van der Waals surface area contributed by atoms with E-state index >= 15 is 0 Å². The first-order valence-electron chi connectivity index (χ1n) is 8.03. The molecule has 1 atom stereocenters. The smallest absolute Gasteiger partial charge is 0.221 e. The molecule has 2 aromatic carbocycles. The molecule has 0 aliphatic heterocycles. The van der Waals surface area contributed by atoms with Crippen LogP contribution in [0.3, 0.4) is 0 Å². The van der Waals surface area contributed by atoms with Gasteiger partial charge in [0.1, 0.15) is 0 Å². The van der Waals surface area contributed by atoms with Crippen LogP contribution in [0.15, 0.2) is 54.6 Å². The first kappa shape index (κ1) is 20.2. The number of amides is 1. The first-order chi connectivity index (χ1) is 10.9. The van der Waals surface area contributed by atoms with Gasteiger partial charge in [0.15, 0.2) is 0 Å². The van der Waals surface area contributed by atoms with Crippen LogP contribution in [0.1, 0.15) is 43.0 Å². The maximum absolute atomic E-state index is 12.2. The van der Waals surface area contributed by atoms with Gasteiger partial charge in [-0.1, -0.05) is 74.0 Å². The molecule has 0 aliphatic rings. The number of nitrogens with one attached hydrogen (secondary N) is 1. The number of halogens is 1. The second-order valence-corrected chi connectivity index (χ2v) is 6.75. The van der Waals surface area contributed by atoms with Crippen LogP contribution in [0, 0.1) is 6.92 Å². The Labute approximate surface area is 151 Å². The molecule has 3 nitrogen and oxygen atoms in total. The molecule has 0 spiro atoms. The van der Waals surface area contributed by atoms with Crippen molar-refractivity contribution in [3.8, 4) is 0 Å². The summed E-state index contributed by atoms with van der Waals surface area (Å²) in [7, 11) is 0. The predicted octanol–water partition coefficient (Wildman–Crippen LogP) is 3.90. The lowest BCUT2D eigenvalue weighted by molar-refractivity contribution is -0.121. The lowest BCUT2D eigenvalue weighted by Gasteiger charge is -2.26. The minimum absolute atomic E-state index is 0. The molecule has 0 aromatic heterocycles. The van der Waals surface area contributed by atoms with Gasteiger partial charge in [-0.15, -0.1) is 12.4 Å². The van der Waals surface area contributed by atoms with E-state index in [2.05, 4.69) is 50.4 Å². The van der Waals surface area contributed by atoms with Gasteiger partial charge in [-0.2, -0.15) is 0 Å². The van der Waals surface area contributed by atoms with Crippen molar-refractivity contribution in [3.05, 3.63) is 71.3 Å². The van der Waals surface area contributed by atoms with Gasteiger partial charge in [0.25, 0.3) is 0 Å². The number of hydrogen-bond acceptors (Lipinski definition) is 2. The molecule has 0 aliphatic carbocycles. The molecular weight excluding hydrogens is 320 g/mol. The zero-order valence-electron chi connectivity index (χ0n) is 14.6. The van der Waals surface area contributed by atoms with Crippen LogP contribution in [0.25, 0.3) is 0 Å². The van der Waals surface area contributed by atoms with Crippen molar-refractivity contribution in [1.29, 1.82) is 0 Å². The molecule has 2 rings (SSSR count). The Morgan fingerprint density at radius 1 is 1.12 bits per heavy atom. The lowest BCUT2D eigenvalue weighted by atomic mass is 9.84. The SMILES string of the molecule is Cc1cccc(C(C)(C)CNC(=O)CC(N)c2ccccc2)c1.Cl. The lowest BCUT2D eigenvalue weighted by Crippen LogP contribution is -2.37. The molecule has 3 N–H and O–H groups in total. The maximum atomic E-state index is 12.2. The third-order valence-electron chi connectivity index (χ3n) is 4.16. The van der Waals surface area contributed by atoms with Crippen molar-refractivity contribution in [2.75, 3.05) is 6.54 Å². The van der Waals surface area contributed by atoms with Crippen LogP contribution in [0.2, 0.25) is 0 Å². The molecule has 1 unspecified atom stereocenters. The Morgan fingerprint density at radius 2 is 1.79 bits per heavy atom. The Kier molecular flexibility index (Phi) is 7.46. The zero-order valence-corrected chi connectivity index (χ0v) is 15.4. The molecule has 0 saturated heterocycles. The van der Waals surface area contributed by atoms with E-state index in [4.69, 9.17) is 5.73 Å². The minimum atomic E-state index is -0.265. The number of carbonyl (C=O) groups is 1. The quantitative estimate of drug-likeness (QED) is 0.833. The van der Waals surface area contributed by atoms with E-state index in [-0.39, 0.29) is 29.8 Å². The second-order valence-electron chi connectivity index (χ2n) is 6.75. The van der Waals surface area contributed by atoms with Gasteiger partial charge in [0.2, 0.25) is 5.91 Å². The molecule has 0 fully saturated rings. The van der Waals surface area contributed by atoms with E-state index in [0.717, 1.165) is 5.56 Å². The highest BCUT2D eigenvalue weighted by Gasteiger charge is 2.22. The van der Waals surface area contributed by atoms with Gasteiger partial charge in [-0.3, -0.25) is 4.79 Å². The Bertz CT molecular complexity index is 656. The van der Waals surface area contributed by atoms with Crippen LogP contribution < -0.4 is 11.1 Å². The molecule has 1 amide bonds. The van der Waals surface area contributed by atoms with Crippen LogP contribution in [0.5, 0.6) is 0 Å². The minimum Gasteiger partial charge on any atom is -0.355 e. The van der Waals surface area contributed by atoms with E-state index in [9.17, 15) is 4.79 Å². The molecule has 130 valence electrons. The van der Waals surface area contributed by atoms with Gasteiger partial charge >= 0.3 is 0 Å². The summed E-state index contributed by atoms with van der Waals surface area (Å²) in [5, 5.41) is 3.02. The highest BCUT2D eigenvalue weighted by molar-refractivity contribution is 5.85. The highest BCUT2D eigenvalue weighted by atomic mass is 35.5. The molecule has 0 heterocycles. The summed E-state index contributed by atoms with van der Waals surface area (Å²) in [6.45, 7) is 6.95. The van der Waals surface area contributed by atoms with Crippen molar-refractivity contribution in [2.45, 2.75) is 38.6 Å². The summed E-state index contributed by atoms with van der Waals surface area (Å²) >= 11 is 0. The Morgan fingerprint density at radius 3 is 2.42 bits per heavy atom. The molecule has 24 heavy (non-hydrogen) atoms. The predicted molar refractivity (Wildman–Crippen MR) is 102 cm³/mol. The normalized spacial score (nSPS) is 12.2. The third kappa shape index (κ3) is 5.66. The van der Waals surface area contributed by atoms with Crippen LogP contribution in [-0.4, -0.2) is 12.5 Å². The topological polar surface area (TPSA) is 55.1 Å². The summed E-state index contributed by atoms with van der Waals surface area (Å²) in [6, 6.07) is 17.9. The number of benzene rings is 2. The fraction of sp³-hybridized carbons (Fsp3) is 0.350. The van der Waals surface area contributed by atoms with Crippen molar-refractivity contribution in [2.24, 2.45) is 5.73 Å². The molecule has 4 heteroatoms. The molecule has 0 bridgehead atoms. The Balaban J connectivity index is 0.00000288. The van der Waals surface area contributed by atoms with Crippen LogP contribution >= 0.6 is 12.4 Å². The number of nitrogens with two attached hydrogens (primary N) is 1. The van der Waals surface area contributed by atoms with Gasteiger partial charge < -0.3 is 11.1 Å². The van der Waals surface area contributed by atoms with E-state index in [0.29, 0.717) is 13.0 Å². The van der Waals surface area contributed by atoms with Crippen molar-refractivity contribution in [3.63, 3.8) is 0 Å². The molecule has 0 radical (unpaired) electrons. The van der Waals surface area contributed by atoms with Gasteiger partial charge in [-0.25, -0.2) is 0 Å². The van der Waals surface area contributed by atoms with Crippen LogP contribution in [0.4, 0.5) is 0 Å². The summed E-state index contributed by atoms with van der Waals surface area (Å²) in [4.78, 5) is 12.2. The summed E-state index contributed by atoms with van der Waals surface area (Å²) in [5.74, 6) is -0.0120. The summed E-state index contributed by atoms with van der Waals surface area (Å²) in [6.07, 6.45) is 0.300. The monoisotopic (exact) mass is 346 g/mol. The summed E-state index contributed by atoms with van der Waals surface area (Å²) in [5.41, 5.74) is 9.44. The first-order valence-corrected chi connectivity index (χ1v) is 8.03. The standard InChI is InChI=1S/C20H26N2O.ClH/c1-15-8-7-11-17(12-15)20(2,3)14-22-19(23)13-18(21)16-9-5-4-6-10-16;/h4-12,18H,13-14,21H2,1-3H3,(H,22,23);1H. The number of aryl methyl sites for hydroxylation is 1. The zero-order chi connectivity index (χ0) is 16.9. The van der Waals surface area contributed by atoms with Gasteiger partial charge in [0, 0.05) is 24.4 Å². The molecule has 0 saturated carbocycles. The average Bonchev–Trinajstić information content (AvgIpc) is 2.54. The molecular formula is C20H27ClN2O. The average molecular weight is 347 g/mol. The number of rotatable bonds is 6. The van der Waals surface area contributed by atoms with Crippen molar-refractivity contribution < 1.29 is 4.79 Å². The van der Waals surface area contributed by atoms with Crippen molar-refractivity contribution >= 4 is 18.3 Å². The van der Waals surface area contributed by atoms with E-state index in [1.165, 1.54) is 11.1 Å². The van der Waals surface area contributed by atoms with Gasteiger partial charge in [-0.05, 0) is 18.1 Å². The van der Waals surface area contributed by atoms with E-state index in [1.807, 2.05) is 30.3 Å².